The molecule has 0 bridgehead atoms. The fourth-order valence-electron chi connectivity index (χ4n) is 2.64. The molecule has 6 heteroatoms. The molecule has 0 unspecified atom stereocenters. The smallest absolute Gasteiger partial charge is 0.225 e. The highest BCUT2D eigenvalue weighted by atomic mass is 16.3. The van der Waals surface area contributed by atoms with Gasteiger partial charge in [0.25, 0.3) is 0 Å². The normalized spacial score (nSPS) is 17.5. The van der Waals surface area contributed by atoms with Crippen LogP contribution in [0.4, 0.5) is 0 Å². The summed E-state index contributed by atoms with van der Waals surface area (Å²) >= 11 is 0. The second-order valence-electron chi connectivity index (χ2n) is 5.64. The molecule has 0 aliphatic carbocycles. The number of carbonyl (C=O) groups is 2. The Balaban J connectivity index is 1.52. The van der Waals surface area contributed by atoms with Crippen LogP contribution in [0.3, 0.4) is 0 Å². The van der Waals surface area contributed by atoms with Gasteiger partial charge in [-0.15, -0.1) is 0 Å². The Morgan fingerprint density at radius 2 is 2.09 bits per heavy atom. The molecular formula is C17H18N2O4. The lowest BCUT2D eigenvalue weighted by Gasteiger charge is -2.15. The van der Waals surface area contributed by atoms with E-state index in [1.54, 1.807) is 41.5 Å². The summed E-state index contributed by atoms with van der Waals surface area (Å²) in [4.78, 5) is 25.9. The molecular weight excluding hydrogens is 296 g/mol. The third kappa shape index (κ3) is 3.71. The summed E-state index contributed by atoms with van der Waals surface area (Å²) < 4.78 is 5.24. The van der Waals surface area contributed by atoms with Crippen molar-refractivity contribution in [3.05, 3.63) is 54.0 Å². The van der Waals surface area contributed by atoms with Gasteiger partial charge in [0.2, 0.25) is 11.8 Å². The molecule has 0 saturated carbocycles. The van der Waals surface area contributed by atoms with Gasteiger partial charge in [-0.3, -0.25) is 9.59 Å². The van der Waals surface area contributed by atoms with E-state index in [-0.39, 0.29) is 29.9 Å². The lowest BCUT2D eigenvalue weighted by atomic mass is 10.1. The highest BCUT2D eigenvalue weighted by molar-refractivity contribution is 5.89. The number of benzene rings is 1. The van der Waals surface area contributed by atoms with Crippen molar-refractivity contribution in [3.8, 4) is 5.75 Å². The highest BCUT2D eigenvalue weighted by Crippen LogP contribution is 2.20. The van der Waals surface area contributed by atoms with Crippen molar-refractivity contribution in [1.82, 2.24) is 10.2 Å². The molecule has 23 heavy (non-hydrogen) atoms. The number of nitrogens with zero attached hydrogens (tertiary/aromatic N) is 1. The van der Waals surface area contributed by atoms with Crippen molar-refractivity contribution < 1.29 is 19.1 Å². The van der Waals surface area contributed by atoms with E-state index >= 15 is 0 Å². The fourth-order valence-corrected chi connectivity index (χ4v) is 2.64. The molecule has 120 valence electrons. The monoisotopic (exact) mass is 314 g/mol. The lowest BCUT2D eigenvalue weighted by Crippen LogP contribution is -2.32. The second kappa shape index (κ2) is 6.56. The minimum Gasteiger partial charge on any atom is -0.508 e. The van der Waals surface area contributed by atoms with E-state index in [2.05, 4.69) is 5.32 Å². The van der Waals surface area contributed by atoms with Gasteiger partial charge in [0.05, 0.1) is 18.7 Å². The molecule has 1 atom stereocenters. The Morgan fingerprint density at radius 1 is 1.30 bits per heavy atom. The molecule has 0 radical (unpaired) electrons. The summed E-state index contributed by atoms with van der Waals surface area (Å²) in [5, 5.41) is 12.1. The van der Waals surface area contributed by atoms with Gasteiger partial charge >= 0.3 is 0 Å². The summed E-state index contributed by atoms with van der Waals surface area (Å²) in [5.41, 5.74) is 0.896. The minimum atomic E-state index is -0.338. The summed E-state index contributed by atoms with van der Waals surface area (Å²) in [6.45, 7) is 1.18. The SMILES string of the molecule is O=C(NCc1ccc(O)cc1)[C@@H]1CC(=O)N(Cc2ccco2)C1. The Hall–Kier alpha value is -2.76. The zero-order valence-electron chi connectivity index (χ0n) is 12.6. The van der Waals surface area contributed by atoms with Gasteiger partial charge < -0.3 is 19.7 Å². The van der Waals surface area contributed by atoms with Gasteiger partial charge in [-0.05, 0) is 29.8 Å². The molecule has 2 amide bonds. The van der Waals surface area contributed by atoms with Crippen LogP contribution in [0.1, 0.15) is 17.7 Å². The van der Waals surface area contributed by atoms with Crippen LogP contribution in [0.15, 0.2) is 47.1 Å². The first kappa shape index (κ1) is 15.1. The van der Waals surface area contributed by atoms with Crippen LogP contribution in [0.2, 0.25) is 0 Å². The van der Waals surface area contributed by atoms with Crippen molar-refractivity contribution in [2.24, 2.45) is 5.92 Å². The van der Waals surface area contributed by atoms with Gasteiger partial charge in [0.15, 0.2) is 0 Å². The van der Waals surface area contributed by atoms with Crippen LogP contribution in [0.25, 0.3) is 0 Å². The Labute approximate surface area is 133 Å². The molecule has 1 aliphatic heterocycles. The van der Waals surface area contributed by atoms with Crippen LogP contribution in [-0.4, -0.2) is 28.4 Å². The lowest BCUT2D eigenvalue weighted by molar-refractivity contribution is -0.129. The zero-order valence-corrected chi connectivity index (χ0v) is 12.6. The fraction of sp³-hybridized carbons (Fsp3) is 0.294. The van der Waals surface area contributed by atoms with Crippen LogP contribution in [0.5, 0.6) is 5.75 Å². The molecule has 2 aromatic rings. The summed E-state index contributed by atoms with van der Waals surface area (Å²) in [6, 6.07) is 10.2. The van der Waals surface area contributed by atoms with Crippen LogP contribution < -0.4 is 5.32 Å². The van der Waals surface area contributed by atoms with Gasteiger partial charge in [0.1, 0.15) is 11.5 Å². The number of amides is 2. The quantitative estimate of drug-likeness (QED) is 0.879. The number of phenolic OH excluding ortho intramolecular Hbond substituents is 1. The molecule has 3 rings (SSSR count). The summed E-state index contributed by atoms with van der Waals surface area (Å²) in [7, 11) is 0. The van der Waals surface area contributed by atoms with Crippen LogP contribution in [-0.2, 0) is 22.7 Å². The maximum Gasteiger partial charge on any atom is 0.225 e. The average Bonchev–Trinajstić information content (AvgIpc) is 3.17. The first-order valence-corrected chi connectivity index (χ1v) is 7.47. The minimum absolute atomic E-state index is 0.0359. The number of rotatable bonds is 5. The number of hydrogen-bond donors (Lipinski definition) is 2. The topological polar surface area (TPSA) is 82.8 Å². The van der Waals surface area contributed by atoms with E-state index in [1.165, 1.54) is 0 Å². The number of phenols is 1. The Kier molecular flexibility index (Phi) is 4.32. The van der Waals surface area contributed by atoms with Crippen molar-refractivity contribution >= 4 is 11.8 Å². The van der Waals surface area contributed by atoms with Gasteiger partial charge in [-0.1, -0.05) is 12.1 Å². The maximum absolute atomic E-state index is 12.2. The third-order valence-electron chi connectivity index (χ3n) is 3.92. The zero-order chi connectivity index (χ0) is 16.2. The highest BCUT2D eigenvalue weighted by Gasteiger charge is 2.34. The summed E-state index contributed by atoms with van der Waals surface area (Å²) in [6.07, 6.45) is 1.79. The van der Waals surface area contributed by atoms with Crippen molar-refractivity contribution in [2.45, 2.75) is 19.5 Å². The summed E-state index contributed by atoms with van der Waals surface area (Å²) in [5.74, 6) is 0.396. The largest absolute Gasteiger partial charge is 0.508 e. The van der Waals surface area contributed by atoms with E-state index < -0.39 is 0 Å². The molecule has 0 spiro atoms. The second-order valence-corrected chi connectivity index (χ2v) is 5.64. The predicted octanol–water partition coefficient (Wildman–Crippen LogP) is 1.65. The molecule has 1 fully saturated rings. The molecule has 1 aliphatic rings. The first-order chi connectivity index (χ1) is 11.1. The van der Waals surface area contributed by atoms with Gasteiger partial charge in [-0.2, -0.15) is 0 Å². The van der Waals surface area contributed by atoms with Crippen molar-refractivity contribution in [2.75, 3.05) is 6.54 Å². The molecule has 6 nitrogen and oxygen atoms in total. The van der Waals surface area contributed by atoms with E-state index in [0.717, 1.165) is 5.56 Å². The van der Waals surface area contributed by atoms with Crippen LogP contribution >= 0.6 is 0 Å². The van der Waals surface area contributed by atoms with Crippen molar-refractivity contribution in [1.29, 1.82) is 0 Å². The molecule has 1 aromatic heterocycles. The Bertz CT molecular complexity index is 679. The molecule has 1 aromatic carbocycles. The van der Waals surface area contributed by atoms with E-state index in [4.69, 9.17) is 4.42 Å². The van der Waals surface area contributed by atoms with Crippen molar-refractivity contribution in [3.63, 3.8) is 0 Å². The van der Waals surface area contributed by atoms with Gasteiger partial charge in [-0.25, -0.2) is 0 Å². The molecule has 1 saturated heterocycles. The maximum atomic E-state index is 12.2. The van der Waals surface area contributed by atoms with E-state index in [1.807, 2.05) is 6.07 Å². The average molecular weight is 314 g/mol. The number of furan rings is 1. The number of nitrogens with one attached hydrogen (secondary N) is 1. The number of carbonyl (C=O) groups excluding carboxylic acids is 2. The predicted molar refractivity (Wildman–Crippen MR) is 82.2 cm³/mol. The van der Waals surface area contributed by atoms with Gasteiger partial charge in [0, 0.05) is 19.5 Å². The first-order valence-electron chi connectivity index (χ1n) is 7.47. The number of aromatic hydroxyl groups is 1. The number of likely N-dealkylation sites (tertiary alicyclic amines) is 1. The molecule has 2 N–H and O–H groups in total. The standard InChI is InChI=1S/C17H18N2O4/c20-14-5-3-12(4-6-14)9-18-17(22)13-8-16(21)19(10-13)11-15-2-1-7-23-15/h1-7,13,20H,8-11H2,(H,18,22)/t13-/m1/s1. The Morgan fingerprint density at radius 3 is 2.78 bits per heavy atom. The van der Waals surface area contributed by atoms with E-state index in [9.17, 15) is 14.7 Å². The van der Waals surface area contributed by atoms with Crippen LogP contribution in [0, 0.1) is 5.92 Å². The number of hydrogen-bond acceptors (Lipinski definition) is 4. The third-order valence-corrected chi connectivity index (χ3v) is 3.92. The van der Waals surface area contributed by atoms with E-state index in [0.29, 0.717) is 25.4 Å². The molecule has 2 heterocycles.